The van der Waals surface area contributed by atoms with E-state index in [1.165, 1.54) is 0 Å². The summed E-state index contributed by atoms with van der Waals surface area (Å²) in [4.78, 5) is 20.6. The van der Waals surface area contributed by atoms with Gasteiger partial charge in [-0.05, 0) is 42.7 Å². The highest BCUT2D eigenvalue weighted by molar-refractivity contribution is 5.99. The van der Waals surface area contributed by atoms with Gasteiger partial charge in [0.05, 0.1) is 17.1 Å². The molecule has 11 heteroatoms. The topological polar surface area (TPSA) is 147 Å². The second kappa shape index (κ2) is 8.92. The minimum absolute atomic E-state index is 0.0598. The van der Waals surface area contributed by atoms with Gasteiger partial charge in [0.2, 0.25) is 0 Å². The minimum Gasteiger partial charge on any atom is -0.365 e. The molecule has 1 atom stereocenters. The van der Waals surface area contributed by atoms with E-state index in [-0.39, 0.29) is 23.1 Å². The molecule has 164 valence electrons. The number of tetrazole rings is 1. The summed E-state index contributed by atoms with van der Waals surface area (Å²) in [6.07, 6.45) is 2.32. The molecule has 0 unspecified atom stereocenters. The maximum Gasteiger partial charge on any atom is 0.252 e. The zero-order chi connectivity index (χ0) is 22.7. The number of amides is 1. The van der Waals surface area contributed by atoms with Gasteiger partial charge in [0, 0.05) is 17.3 Å². The average Bonchev–Trinajstić information content (AvgIpc) is 3.29. The number of benzene rings is 1. The van der Waals surface area contributed by atoms with E-state index in [9.17, 15) is 9.18 Å². The summed E-state index contributed by atoms with van der Waals surface area (Å²) < 4.78 is 14.8. The van der Waals surface area contributed by atoms with Crippen LogP contribution in [0.15, 0.2) is 42.6 Å². The third kappa shape index (κ3) is 4.61. The molecule has 1 aromatic carbocycles. The summed E-state index contributed by atoms with van der Waals surface area (Å²) in [7, 11) is 0. The van der Waals surface area contributed by atoms with Gasteiger partial charge in [0.25, 0.3) is 5.91 Å². The van der Waals surface area contributed by atoms with E-state index in [0.717, 1.165) is 17.0 Å². The molecule has 0 fully saturated rings. The van der Waals surface area contributed by atoms with Gasteiger partial charge in [-0.25, -0.2) is 9.37 Å². The number of halogens is 1. The Kier molecular flexibility index (Phi) is 5.88. The number of hydrogen-bond donors (Lipinski definition) is 4. The summed E-state index contributed by atoms with van der Waals surface area (Å²) >= 11 is 0. The van der Waals surface area contributed by atoms with Crippen LogP contribution in [0.4, 0.5) is 21.7 Å². The summed E-state index contributed by atoms with van der Waals surface area (Å²) in [6.45, 7) is 4.05. The molecule has 1 amide bonds. The predicted molar refractivity (Wildman–Crippen MR) is 118 cm³/mol. The first-order valence-electron chi connectivity index (χ1n) is 10.0. The monoisotopic (exact) mass is 435 g/mol. The van der Waals surface area contributed by atoms with E-state index in [4.69, 9.17) is 5.73 Å². The number of fused-ring (bicyclic) bond motifs is 1. The molecule has 5 N–H and O–H groups in total. The molecule has 10 nitrogen and oxygen atoms in total. The average molecular weight is 435 g/mol. The second-order valence-electron chi connectivity index (χ2n) is 7.71. The Bertz CT molecular complexity index is 1240. The van der Waals surface area contributed by atoms with Gasteiger partial charge in [0.15, 0.2) is 17.5 Å². The number of H-pyrrole nitrogens is 1. The lowest BCUT2D eigenvalue weighted by atomic mass is 10.0. The van der Waals surface area contributed by atoms with Crippen molar-refractivity contribution < 1.29 is 9.18 Å². The summed E-state index contributed by atoms with van der Waals surface area (Å²) in [5, 5.41) is 21.0. The first-order valence-corrected chi connectivity index (χ1v) is 10.0. The van der Waals surface area contributed by atoms with Crippen LogP contribution >= 0.6 is 0 Å². The van der Waals surface area contributed by atoms with Crippen LogP contribution in [-0.4, -0.2) is 36.5 Å². The Balaban J connectivity index is 1.69. The first-order chi connectivity index (χ1) is 15.4. The highest BCUT2D eigenvalue weighted by atomic mass is 19.1. The van der Waals surface area contributed by atoms with Crippen molar-refractivity contribution in [1.82, 2.24) is 30.6 Å². The van der Waals surface area contributed by atoms with Crippen molar-refractivity contribution in [2.75, 3.05) is 10.6 Å². The Morgan fingerprint density at radius 1 is 1.22 bits per heavy atom. The van der Waals surface area contributed by atoms with E-state index in [1.807, 2.05) is 38.1 Å². The van der Waals surface area contributed by atoms with Crippen LogP contribution in [0.25, 0.3) is 10.9 Å². The van der Waals surface area contributed by atoms with Crippen LogP contribution in [0, 0.1) is 11.7 Å². The predicted octanol–water partition coefficient (Wildman–Crippen LogP) is 3.32. The first kappa shape index (κ1) is 21.1. The van der Waals surface area contributed by atoms with E-state index in [0.29, 0.717) is 17.9 Å². The molecular weight excluding hydrogens is 413 g/mol. The highest BCUT2D eigenvalue weighted by Gasteiger charge is 2.22. The highest BCUT2D eigenvalue weighted by Crippen LogP contribution is 2.29. The molecule has 3 heterocycles. The molecule has 0 radical (unpaired) electrons. The summed E-state index contributed by atoms with van der Waals surface area (Å²) in [5.41, 5.74) is 6.87. The van der Waals surface area contributed by atoms with Crippen LogP contribution in [0.5, 0.6) is 0 Å². The van der Waals surface area contributed by atoms with Gasteiger partial charge in [-0.1, -0.05) is 25.1 Å². The number of pyridine rings is 2. The van der Waals surface area contributed by atoms with Crippen molar-refractivity contribution in [3.8, 4) is 0 Å². The van der Waals surface area contributed by atoms with Crippen LogP contribution in [0.1, 0.15) is 42.5 Å². The van der Waals surface area contributed by atoms with Crippen LogP contribution in [0.3, 0.4) is 0 Å². The van der Waals surface area contributed by atoms with Crippen molar-refractivity contribution in [1.29, 1.82) is 0 Å². The zero-order valence-corrected chi connectivity index (χ0v) is 17.5. The molecule has 3 aromatic heterocycles. The minimum atomic E-state index is -0.801. The zero-order valence-electron chi connectivity index (χ0n) is 17.5. The summed E-state index contributed by atoms with van der Waals surface area (Å²) in [5.74, 6) is -0.802. The van der Waals surface area contributed by atoms with Crippen molar-refractivity contribution in [3.63, 3.8) is 0 Å². The van der Waals surface area contributed by atoms with Crippen molar-refractivity contribution in [2.24, 2.45) is 11.7 Å². The number of hydrogen-bond acceptors (Lipinski definition) is 8. The van der Waals surface area contributed by atoms with Gasteiger partial charge in [-0.3, -0.25) is 9.78 Å². The van der Waals surface area contributed by atoms with Crippen LogP contribution < -0.4 is 16.4 Å². The lowest BCUT2D eigenvalue weighted by Crippen LogP contribution is -2.19. The quantitative estimate of drug-likeness (QED) is 0.329. The Hall–Kier alpha value is -4.15. The molecule has 0 spiro atoms. The van der Waals surface area contributed by atoms with Gasteiger partial charge >= 0.3 is 0 Å². The third-order valence-electron chi connectivity index (χ3n) is 4.80. The number of anilines is 3. The normalized spacial score (nSPS) is 12.1. The fourth-order valence-electron chi connectivity index (χ4n) is 3.35. The SMILES string of the molecule is CC(C)C[C@@H](Nc1nc(Nc2ccc3ncccc3c2)c(C(N)=O)cc1F)c1nn[nH]n1. The van der Waals surface area contributed by atoms with Gasteiger partial charge < -0.3 is 16.4 Å². The van der Waals surface area contributed by atoms with E-state index < -0.39 is 17.8 Å². The number of aromatic amines is 1. The lowest BCUT2D eigenvalue weighted by Gasteiger charge is -2.19. The molecule has 0 aliphatic rings. The number of carbonyl (C=O) groups excluding carboxylic acids is 1. The molecule has 32 heavy (non-hydrogen) atoms. The lowest BCUT2D eigenvalue weighted by molar-refractivity contribution is 0.100. The van der Waals surface area contributed by atoms with E-state index in [2.05, 4.69) is 41.2 Å². The number of aromatic nitrogens is 6. The molecule has 4 aromatic rings. The molecular formula is C21H22FN9O. The Morgan fingerprint density at radius 3 is 2.78 bits per heavy atom. The molecule has 0 bridgehead atoms. The second-order valence-corrected chi connectivity index (χ2v) is 7.71. The third-order valence-corrected chi connectivity index (χ3v) is 4.80. The molecule has 0 aliphatic carbocycles. The van der Waals surface area contributed by atoms with Crippen LogP contribution in [0.2, 0.25) is 0 Å². The van der Waals surface area contributed by atoms with E-state index in [1.54, 1.807) is 12.3 Å². The van der Waals surface area contributed by atoms with Gasteiger partial charge in [-0.2, -0.15) is 5.21 Å². The summed E-state index contributed by atoms with van der Waals surface area (Å²) in [6, 6.07) is 9.84. The maximum atomic E-state index is 14.8. The fraction of sp³-hybridized carbons (Fsp3) is 0.238. The Labute approximate surface area is 182 Å². The van der Waals surface area contributed by atoms with Crippen molar-refractivity contribution >= 4 is 34.1 Å². The largest absolute Gasteiger partial charge is 0.365 e. The fourth-order valence-corrected chi connectivity index (χ4v) is 3.35. The van der Waals surface area contributed by atoms with E-state index >= 15 is 0 Å². The van der Waals surface area contributed by atoms with Crippen LogP contribution in [-0.2, 0) is 0 Å². The number of primary amides is 1. The maximum absolute atomic E-state index is 14.8. The van der Waals surface area contributed by atoms with Crippen molar-refractivity contribution in [3.05, 3.63) is 59.8 Å². The molecule has 4 rings (SSSR count). The Morgan fingerprint density at radius 2 is 2.06 bits per heavy atom. The molecule has 0 saturated heterocycles. The van der Waals surface area contributed by atoms with Crippen molar-refractivity contribution in [2.45, 2.75) is 26.3 Å². The number of carbonyl (C=O) groups is 1. The number of nitrogens with one attached hydrogen (secondary N) is 3. The number of nitrogens with two attached hydrogens (primary N) is 1. The molecule has 0 aliphatic heterocycles. The standard InChI is InChI=1S/C21H22FN9O/c1-11(2)8-17(21-28-30-31-29-21)26-20-15(22)10-14(18(23)32)19(27-20)25-13-5-6-16-12(9-13)4-3-7-24-16/h3-7,9-11,17H,8H2,1-2H3,(H2,23,32)(H2,25,26,27)(H,28,29,30,31)/t17-/m1/s1. The smallest absolute Gasteiger partial charge is 0.252 e. The number of rotatable bonds is 8. The molecule has 0 saturated carbocycles. The van der Waals surface area contributed by atoms with Gasteiger partial charge in [0.1, 0.15) is 5.82 Å². The van der Waals surface area contributed by atoms with Gasteiger partial charge in [-0.15, -0.1) is 10.2 Å². The number of nitrogens with zero attached hydrogens (tertiary/aromatic N) is 5.